The largest absolute Gasteiger partial charge is 0.456 e. The van der Waals surface area contributed by atoms with Gasteiger partial charge in [-0.1, -0.05) is 376 Å². The molecule has 0 saturated heterocycles. The first kappa shape index (κ1) is 79.1. The van der Waals surface area contributed by atoms with Crippen molar-refractivity contribution in [3.05, 3.63) is 560 Å². The summed E-state index contributed by atoms with van der Waals surface area (Å²) in [5, 5.41) is 11.7. The molecule has 2 aliphatic carbocycles. The maximum Gasteiger partial charge on any atom is 0.137 e. The minimum absolute atomic E-state index is 0.482. The fourth-order valence-electron chi connectivity index (χ4n) is 22.3. The summed E-state index contributed by atoms with van der Waals surface area (Å²) < 4.78 is 8.71. The summed E-state index contributed by atoms with van der Waals surface area (Å²) in [6.45, 7) is 0. The summed E-state index contributed by atoms with van der Waals surface area (Å²) in [6, 6.07) is 187. The number of aromatic nitrogens is 3. The topological polar surface area (TPSA) is 50.3 Å². The molecular weight excluding hydrogens is 1650 g/mol. The van der Waals surface area contributed by atoms with Gasteiger partial charge in [0.05, 0.1) is 44.3 Å². The molecule has 636 valence electrons. The van der Waals surface area contributed by atoms with Gasteiger partial charge in [0, 0.05) is 100 Å². The van der Waals surface area contributed by atoms with Crippen molar-refractivity contribution in [1.82, 2.24) is 14.5 Å². The lowest BCUT2D eigenvalue weighted by molar-refractivity contribution is 0.669. The summed E-state index contributed by atoms with van der Waals surface area (Å²) in [4.78, 5) is 15.5. The number of pyridine rings is 2. The van der Waals surface area contributed by atoms with Gasteiger partial charge < -0.3 is 18.8 Å². The molecule has 0 radical (unpaired) electrons. The van der Waals surface area contributed by atoms with Crippen molar-refractivity contribution >= 4 is 121 Å². The van der Waals surface area contributed by atoms with Crippen LogP contribution in [0.4, 0.5) is 34.1 Å². The maximum atomic E-state index is 6.32. The molecule has 21 aromatic carbocycles. The molecular formula is C130H85N5O. The van der Waals surface area contributed by atoms with Gasteiger partial charge in [-0.2, -0.15) is 0 Å². The van der Waals surface area contributed by atoms with E-state index in [1.54, 1.807) is 0 Å². The maximum absolute atomic E-state index is 6.32. The Kier molecular flexibility index (Phi) is 19.0. The molecule has 0 unspecified atom stereocenters. The third kappa shape index (κ3) is 12.9. The number of fused-ring (bicyclic) bond motifs is 18. The molecule has 6 heteroatoms. The third-order valence-electron chi connectivity index (χ3n) is 28.4. The molecule has 0 N–H and O–H groups in total. The van der Waals surface area contributed by atoms with Gasteiger partial charge in [-0.05, 0) is 233 Å². The Labute approximate surface area is 788 Å². The molecule has 2 aliphatic rings. The first-order valence-electron chi connectivity index (χ1n) is 46.7. The van der Waals surface area contributed by atoms with Gasteiger partial charge in [-0.3, -0.25) is 0 Å². The van der Waals surface area contributed by atoms with Crippen molar-refractivity contribution < 1.29 is 4.42 Å². The number of benzene rings is 21. The fraction of sp³-hybridized carbons (Fsp3) is 0.0154. The summed E-state index contributed by atoms with van der Waals surface area (Å²) in [6.07, 6.45) is 0. The van der Waals surface area contributed by atoms with Gasteiger partial charge in [-0.15, -0.1) is 0 Å². The highest BCUT2D eigenvalue weighted by Gasteiger charge is 2.48. The Balaban J connectivity index is 0.000000142. The van der Waals surface area contributed by atoms with Crippen LogP contribution in [0.25, 0.3) is 160 Å². The zero-order valence-corrected chi connectivity index (χ0v) is 74.2. The van der Waals surface area contributed by atoms with Crippen molar-refractivity contribution in [3.8, 4) is 72.7 Å². The predicted molar refractivity (Wildman–Crippen MR) is 566 cm³/mol. The van der Waals surface area contributed by atoms with Crippen LogP contribution in [0.3, 0.4) is 0 Å². The first-order valence-corrected chi connectivity index (χ1v) is 46.7. The minimum atomic E-state index is -0.486. The van der Waals surface area contributed by atoms with Gasteiger partial charge in [-0.25, -0.2) is 9.97 Å². The smallest absolute Gasteiger partial charge is 0.137 e. The van der Waals surface area contributed by atoms with E-state index in [0.29, 0.717) is 0 Å². The zero-order valence-electron chi connectivity index (χ0n) is 74.2. The molecule has 4 heterocycles. The average Bonchev–Trinajstić information content (AvgIpc) is 1.53. The van der Waals surface area contributed by atoms with E-state index in [1.807, 2.05) is 12.1 Å². The van der Waals surface area contributed by atoms with Crippen LogP contribution in [0.15, 0.2) is 520 Å². The van der Waals surface area contributed by atoms with Crippen LogP contribution in [0.1, 0.15) is 44.5 Å². The number of anilines is 6. The van der Waals surface area contributed by atoms with Crippen LogP contribution < -0.4 is 9.80 Å². The second-order valence-corrected chi connectivity index (χ2v) is 35.7. The summed E-state index contributed by atoms with van der Waals surface area (Å²) in [5.74, 6) is 0. The Bertz CT molecular complexity index is 8840. The van der Waals surface area contributed by atoms with Gasteiger partial charge >= 0.3 is 0 Å². The molecule has 0 saturated carbocycles. The van der Waals surface area contributed by atoms with E-state index in [2.05, 4.69) is 518 Å². The molecule has 27 rings (SSSR count). The van der Waals surface area contributed by atoms with Crippen LogP contribution in [-0.2, 0) is 10.8 Å². The average molecular weight is 1730 g/mol. The van der Waals surface area contributed by atoms with Gasteiger partial charge in [0.1, 0.15) is 11.2 Å². The van der Waals surface area contributed by atoms with Crippen molar-refractivity contribution in [1.29, 1.82) is 0 Å². The summed E-state index contributed by atoms with van der Waals surface area (Å²) in [5.41, 5.74) is 36.7. The minimum Gasteiger partial charge on any atom is -0.456 e. The summed E-state index contributed by atoms with van der Waals surface area (Å²) >= 11 is 0. The van der Waals surface area contributed by atoms with Crippen LogP contribution in [0, 0.1) is 0 Å². The standard InChI is InChI=1S/C68H45N3.C62H40N2O/c1-5-19-49(20-6-1)68(50-21-7-2-8-22-50)62-30-16-13-27-55(62)60-44-61-59(45-63(60)68)56-28-14-17-31-64(56)69-67(61)48-35-33-46(34-36-48)47-37-39-53(40-38-47)70(51-23-9-3-10-24-51)54-41-42-58-57-29-15-18-32-65(57)71(66(58)43-54)52-25-11-4-12-26-52;1-4-16-44(17-5-1)62(45-18-6-2-7-19-45)56-25-13-10-22-49(56)54-39-55-53(40-57(54)62)50-23-11-14-26-58(50)63-61(55)43-30-28-41(29-31-43)42-32-34-47(35-33-42)64(46-20-8-3-9-21-46)48-36-37-52-51-24-12-15-27-59(51)65-60(52)38-48/h1-45H;1-40H. The molecule has 0 bridgehead atoms. The number of hydrogen-bond donors (Lipinski definition) is 0. The van der Waals surface area contributed by atoms with Crippen LogP contribution in [-0.4, -0.2) is 14.5 Å². The Hall–Kier alpha value is -17.8. The third-order valence-corrected chi connectivity index (χ3v) is 28.4. The SMILES string of the molecule is c1ccc(N(c2ccc(-c3ccc(-c4nc5ccccc5c5cc6c(cc45)-c4ccccc4C6(c4ccccc4)c4ccccc4)cc3)cc2)c2ccc3c(c2)oc2ccccc23)cc1.c1ccc(N(c2ccc(-c3ccc(-c4nc5ccccc5c5cc6c(cc45)-c4ccccc4C6(c4ccccc4)c4ccccc4)cc3)cc2)c2ccc3c4ccccc4n(-c4ccccc4)c3c2)cc1. The van der Waals surface area contributed by atoms with Crippen LogP contribution in [0.5, 0.6) is 0 Å². The zero-order chi connectivity index (χ0) is 89.8. The Morgan fingerprint density at radius 3 is 0.971 bits per heavy atom. The Morgan fingerprint density at radius 1 is 0.191 bits per heavy atom. The van der Waals surface area contributed by atoms with E-state index in [4.69, 9.17) is 14.4 Å². The molecule has 4 aromatic heterocycles. The van der Waals surface area contributed by atoms with Gasteiger partial charge in [0.25, 0.3) is 0 Å². The lowest BCUT2D eigenvalue weighted by atomic mass is 9.67. The number of furan rings is 1. The highest BCUT2D eigenvalue weighted by atomic mass is 16.3. The molecule has 25 aromatic rings. The molecule has 6 nitrogen and oxygen atoms in total. The molecule has 0 atom stereocenters. The van der Waals surface area contributed by atoms with Crippen LogP contribution in [0.2, 0.25) is 0 Å². The number of para-hydroxylation sites is 7. The fourth-order valence-corrected chi connectivity index (χ4v) is 22.3. The number of hydrogen-bond acceptors (Lipinski definition) is 5. The molecule has 0 amide bonds. The van der Waals surface area contributed by atoms with E-state index in [-0.39, 0.29) is 0 Å². The monoisotopic (exact) mass is 1730 g/mol. The lowest BCUT2D eigenvalue weighted by Gasteiger charge is -2.34. The van der Waals surface area contributed by atoms with Crippen molar-refractivity contribution in [3.63, 3.8) is 0 Å². The van der Waals surface area contributed by atoms with E-state index in [1.165, 1.54) is 99.3 Å². The van der Waals surface area contributed by atoms with E-state index < -0.39 is 10.8 Å². The summed E-state index contributed by atoms with van der Waals surface area (Å²) in [7, 11) is 0. The molecule has 0 spiro atoms. The second-order valence-electron chi connectivity index (χ2n) is 35.7. The number of nitrogens with zero attached hydrogens (tertiary/aromatic N) is 5. The predicted octanol–water partition coefficient (Wildman–Crippen LogP) is 34.1. The highest BCUT2D eigenvalue weighted by molar-refractivity contribution is 6.17. The van der Waals surface area contributed by atoms with Crippen molar-refractivity contribution in [2.45, 2.75) is 10.8 Å². The van der Waals surface area contributed by atoms with Gasteiger partial charge in [0.2, 0.25) is 0 Å². The lowest BCUT2D eigenvalue weighted by Crippen LogP contribution is -2.28. The first-order chi connectivity index (χ1) is 67.4. The van der Waals surface area contributed by atoms with Crippen molar-refractivity contribution in [2.24, 2.45) is 0 Å². The highest BCUT2D eigenvalue weighted by Crippen LogP contribution is 2.60. The Morgan fingerprint density at radius 2 is 0.515 bits per heavy atom. The van der Waals surface area contributed by atoms with Gasteiger partial charge in [0.15, 0.2) is 0 Å². The van der Waals surface area contributed by atoms with Crippen LogP contribution >= 0.6 is 0 Å². The second kappa shape index (κ2) is 32.6. The number of rotatable bonds is 15. The van der Waals surface area contributed by atoms with Crippen molar-refractivity contribution in [2.75, 3.05) is 9.80 Å². The molecule has 136 heavy (non-hydrogen) atoms. The van der Waals surface area contributed by atoms with E-state index in [0.717, 1.165) is 139 Å². The normalized spacial score (nSPS) is 12.7. The van der Waals surface area contributed by atoms with E-state index in [9.17, 15) is 0 Å². The molecule has 0 fully saturated rings. The van der Waals surface area contributed by atoms with E-state index >= 15 is 0 Å². The molecule has 0 aliphatic heterocycles. The quantitative estimate of drug-likeness (QED) is 0.0958.